The number of hydrogen-bond acceptors (Lipinski definition) is 7. The first kappa shape index (κ1) is 35.8. The van der Waals surface area contributed by atoms with Crippen LogP contribution in [-0.4, -0.2) is 48.0 Å². The predicted molar refractivity (Wildman–Crippen MR) is 192 cm³/mol. The maximum atomic E-state index is 12.3. The second kappa shape index (κ2) is 14.1. The maximum Gasteiger partial charge on any atom is 0.330 e. The lowest BCUT2D eigenvalue weighted by atomic mass is 9.47. The van der Waals surface area contributed by atoms with Crippen LogP contribution in [0.1, 0.15) is 129 Å². The molecule has 3 heterocycles. The average Bonchev–Trinajstić information content (AvgIpc) is 3.78. The average molecular weight is 692 g/mol. The fraction of sp³-hybridized carbons (Fsp3) is 0.800. The van der Waals surface area contributed by atoms with Crippen molar-refractivity contribution in [2.24, 2.45) is 46.3 Å². The third-order valence-corrected chi connectivity index (χ3v) is 14.3. The Balaban J connectivity index is 0.922. The van der Waals surface area contributed by atoms with Crippen LogP contribution in [0, 0.1) is 53.3 Å². The number of nitrogens with one attached hydrogen (secondary N) is 1. The summed E-state index contributed by atoms with van der Waals surface area (Å²) in [5, 5.41) is 19.3. The van der Waals surface area contributed by atoms with E-state index >= 15 is 0 Å². The molecule has 1 saturated heterocycles. The summed E-state index contributed by atoms with van der Waals surface area (Å²) in [6.07, 6.45) is 18.8. The molecule has 10 heteroatoms. The second-order valence-corrected chi connectivity index (χ2v) is 17.8. The van der Waals surface area contributed by atoms with E-state index in [0.717, 1.165) is 54.0 Å². The van der Waals surface area contributed by atoms with E-state index in [4.69, 9.17) is 9.47 Å². The van der Waals surface area contributed by atoms with E-state index in [2.05, 4.69) is 56.0 Å². The lowest BCUT2D eigenvalue weighted by Gasteiger charge is -2.58. The van der Waals surface area contributed by atoms with Crippen molar-refractivity contribution in [3.63, 3.8) is 0 Å². The van der Waals surface area contributed by atoms with E-state index in [0.29, 0.717) is 29.5 Å². The van der Waals surface area contributed by atoms with Gasteiger partial charge in [0, 0.05) is 18.2 Å². The monoisotopic (exact) mass is 691 g/mol. The summed E-state index contributed by atoms with van der Waals surface area (Å²) in [6.45, 7) is 14.9. The number of fused-ring (bicyclic) bond motifs is 5. The number of aliphatic hydroxyl groups excluding tert-OH is 1. The Morgan fingerprint density at radius 3 is 2.70 bits per heavy atom. The number of allylic oxidation sites excluding steroid dienone is 1. The third-order valence-electron chi connectivity index (χ3n) is 14.3. The molecule has 0 aromatic carbocycles. The maximum absolute atomic E-state index is 12.3. The van der Waals surface area contributed by atoms with E-state index in [1.165, 1.54) is 68.6 Å². The molecule has 50 heavy (non-hydrogen) atoms. The Hall–Kier alpha value is -2.56. The molecular formula is C40H61N5O5. The molecule has 11 atom stereocenters. The summed E-state index contributed by atoms with van der Waals surface area (Å²) in [5.41, 5.74) is 2.65. The molecule has 10 nitrogen and oxygen atoms in total. The molecule has 0 amide bonds. The van der Waals surface area contributed by atoms with Gasteiger partial charge in [0.1, 0.15) is 18.0 Å². The van der Waals surface area contributed by atoms with Crippen molar-refractivity contribution in [2.75, 3.05) is 0 Å². The highest BCUT2D eigenvalue weighted by atomic mass is 16.5. The third kappa shape index (κ3) is 6.73. The molecule has 9 unspecified atom stereocenters. The first-order chi connectivity index (χ1) is 23.9. The number of aromatic amines is 1. The van der Waals surface area contributed by atoms with Gasteiger partial charge in [0.25, 0.3) is 5.56 Å². The van der Waals surface area contributed by atoms with Gasteiger partial charge in [0.05, 0.1) is 31.6 Å². The SMILES string of the molecule is Cc1cn([C@H]2CC(O)[C@@H](Cn3cc(COC4CCC5(C)C(=CCC6C5CCC5(C)C(C(C)CCCC(C)C)CCC65)C4)nn3)O2)c(=O)[nH]c1=O. The van der Waals surface area contributed by atoms with Crippen LogP contribution >= 0.6 is 0 Å². The van der Waals surface area contributed by atoms with Crippen molar-refractivity contribution < 1.29 is 14.6 Å². The Morgan fingerprint density at radius 1 is 1.08 bits per heavy atom. The van der Waals surface area contributed by atoms with E-state index in [1.54, 1.807) is 17.2 Å². The zero-order chi connectivity index (χ0) is 35.4. The number of rotatable bonds is 11. The van der Waals surface area contributed by atoms with Crippen LogP contribution in [0.5, 0.6) is 0 Å². The first-order valence-electron chi connectivity index (χ1n) is 19.7. The van der Waals surface area contributed by atoms with E-state index in [1.807, 2.05) is 6.20 Å². The van der Waals surface area contributed by atoms with Crippen molar-refractivity contribution in [1.29, 1.82) is 0 Å². The van der Waals surface area contributed by atoms with Gasteiger partial charge in [0.15, 0.2) is 0 Å². The fourth-order valence-corrected chi connectivity index (χ4v) is 11.5. The number of hydrogen-bond donors (Lipinski definition) is 2. The molecule has 276 valence electrons. The number of H-pyrrole nitrogens is 1. The van der Waals surface area contributed by atoms with E-state index in [9.17, 15) is 14.7 Å². The van der Waals surface area contributed by atoms with Crippen LogP contribution in [0.4, 0.5) is 0 Å². The molecule has 0 spiro atoms. The minimum Gasteiger partial charge on any atom is -0.390 e. The van der Waals surface area contributed by atoms with Crippen molar-refractivity contribution in [3.05, 3.63) is 56.1 Å². The van der Waals surface area contributed by atoms with Gasteiger partial charge in [-0.1, -0.05) is 70.7 Å². The first-order valence-corrected chi connectivity index (χ1v) is 19.7. The lowest BCUT2D eigenvalue weighted by Crippen LogP contribution is -2.51. The number of aromatic nitrogens is 5. The van der Waals surface area contributed by atoms with Crippen LogP contribution in [0.3, 0.4) is 0 Å². The van der Waals surface area contributed by atoms with Crippen molar-refractivity contribution in [3.8, 4) is 0 Å². The van der Waals surface area contributed by atoms with Crippen LogP contribution in [0.25, 0.3) is 0 Å². The highest BCUT2D eigenvalue weighted by molar-refractivity contribution is 5.25. The molecule has 2 aromatic heterocycles. The zero-order valence-electron chi connectivity index (χ0n) is 31.3. The minimum atomic E-state index is -0.779. The van der Waals surface area contributed by atoms with Gasteiger partial charge in [-0.25, -0.2) is 9.48 Å². The van der Waals surface area contributed by atoms with Gasteiger partial charge < -0.3 is 14.6 Å². The Bertz CT molecular complexity index is 1660. The smallest absolute Gasteiger partial charge is 0.330 e. The number of aryl methyl sites for hydroxylation is 1. The fourth-order valence-electron chi connectivity index (χ4n) is 11.5. The lowest BCUT2D eigenvalue weighted by molar-refractivity contribution is -0.0658. The Morgan fingerprint density at radius 2 is 1.90 bits per heavy atom. The summed E-state index contributed by atoms with van der Waals surface area (Å²) in [6, 6.07) is 0. The predicted octanol–water partition coefficient (Wildman–Crippen LogP) is 6.71. The van der Waals surface area contributed by atoms with Crippen molar-refractivity contribution in [2.45, 2.75) is 156 Å². The normalized spacial score (nSPS) is 37.3. The molecule has 0 bridgehead atoms. The highest BCUT2D eigenvalue weighted by Crippen LogP contribution is 2.67. The van der Waals surface area contributed by atoms with Gasteiger partial charge in [-0.05, 0) is 105 Å². The number of nitrogens with zero attached hydrogens (tertiary/aromatic N) is 4. The standard InChI is InChI=1S/C40H61N5O5/c1-24(2)8-7-9-25(3)31-12-13-32-30-11-10-27-18-29(14-16-39(27,5)33(30)15-17-40(31,32)6)49-23-28-21-44(43-42-28)22-35-34(46)19-36(50-35)45-20-26(4)37(47)41-38(45)48/h10,20-21,24-25,29-36,46H,7-9,11-19,22-23H2,1-6H3,(H,41,47,48)/t25?,29?,30?,31?,32?,33?,34?,35-,36-,39?,40?/m1/s1. The van der Waals surface area contributed by atoms with Gasteiger partial charge in [-0.2, -0.15) is 0 Å². The summed E-state index contributed by atoms with van der Waals surface area (Å²) >= 11 is 0. The van der Waals surface area contributed by atoms with Crippen molar-refractivity contribution in [1.82, 2.24) is 24.5 Å². The molecule has 2 N–H and O–H groups in total. The van der Waals surface area contributed by atoms with Crippen LogP contribution < -0.4 is 11.2 Å². The number of aliphatic hydroxyl groups is 1. The summed E-state index contributed by atoms with van der Waals surface area (Å²) in [5.74, 6) is 5.07. The van der Waals surface area contributed by atoms with Crippen LogP contribution in [0.15, 0.2) is 33.6 Å². The van der Waals surface area contributed by atoms with Gasteiger partial charge in [-0.3, -0.25) is 14.3 Å². The highest BCUT2D eigenvalue weighted by Gasteiger charge is 2.59. The molecule has 0 radical (unpaired) electrons. The van der Waals surface area contributed by atoms with Gasteiger partial charge >= 0.3 is 5.69 Å². The largest absolute Gasteiger partial charge is 0.390 e. The minimum absolute atomic E-state index is 0.187. The van der Waals surface area contributed by atoms with E-state index in [-0.39, 0.29) is 12.5 Å². The molecule has 2 aromatic rings. The van der Waals surface area contributed by atoms with Crippen LogP contribution in [-0.2, 0) is 22.6 Å². The topological polar surface area (TPSA) is 124 Å². The van der Waals surface area contributed by atoms with E-state index < -0.39 is 29.7 Å². The van der Waals surface area contributed by atoms with Crippen LogP contribution in [0.2, 0.25) is 0 Å². The summed E-state index contributed by atoms with van der Waals surface area (Å²) < 4.78 is 15.5. The number of ether oxygens (including phenoxy) is 2. The molecule has 7 rings (SSSR count). The summed E-state index contributed by atoms with van der Waals surface area (Å²) in [4.78, 5) is 26.4. The Kier molecular flexibility index (Phi) is 10.1. The molecule has 5 aliphatic rings. The van der Waals surface area contributed by atoms with Crippen molar-refractivity contribution >= 4 is 0 Å². The molecule has 1 aliphatic heterocycles. The van der Waals surface area contributed by atoms with Gasteiger partial charge in [0.2, 0.25) is 0 Å². The quantitative estimate of drug-likeness (QED) is 0.251. The molecule has 4 fully saturated rings. The molecule has 3 saturated carbocycles. The Labute approximate surface area is 297 Å². The summed E-state index contributed by atoms with van der Waals surface area (Å²) in [7, 11) is 0. The zero-order valence-corrected chi connectivity index (χ0v) is 31.3. The van der Waals surface area contributed by atoms with Gasteiger partial charge in [-0.15, -0.1) is 5.10 Å². The molecule has 4 aliphatic carbocycles. The molecular weight excluding hydrogens is 630 g/mol. The second-order valence-electron chi connectivity index (χ2n) is 17.8.